The van der Waals surface area contributed by atoms with Gasteiger partial charge in [-0.05, 0) is 165 Å². The van der Waals surface area contributed by atoms with E-state index in [4.69, 9.17) is 0 Å². The molecule has 3 aliphatic carbocycles. The molecule has 0 spiro atoms. The van der Waals surface area contributed by atoms with Crippen molar-refractivity contribution in [2.24, 2.45) is 0 Å². The number of hydrogen-bond donors (Lipinski definition) is 0. The summed E-state index contributed by atoms with van der Waals surface area (Å²) in [4.78, 5) is 2.53. The molecule has 0 bridgehead atoms. The molecule has 0 heterocycles. The van der Waals surface area contributed by atoms with Crippen molar-refractivity contribution in [3.05, 3.63) is 234 Å². The van der Waals surface area contributed by atoms with Crippen LogP contribution in [0.1, 0.15) is 74.9 Å². The van der Waals surface area contributed by atoms with Crippen molar-refractivity contribution in [2.45, 2.75) is 57.8 Å². The highest BCUT2D eigenvalue weighted by Gasteiger charge is 2.40. The Morgan fingerprint density at radius 2 is 0.652 bits per heavy atom. The van der Waals surface area contributed by atoms with Crippen molar-refractivity contribution in [3.8, 4) is 55.6 Å². The van der Waals surface area contributed by atoms with E-state index in [0.29, 0.717) is 0 Å². The smallest absolute Gasteiger partial charge is 0.0465 e. The van der Waals surface area contributed by atoms with E-state index in [9.17, 15) is 0 Å². The lowest BCUT2D eigenvalue weighted by atomic mass is 9.81. The summed E-state index contributed by atoms with van der Waals surface area (Å²) in [5.74, 6) is 0. The maximum absolute atomic E-state index is 2.53. The van der Waals surface area contributed by atoms with Crippen LogP contribution in [0.15, 0.2) is 200 Å². The molecule has 0 aliphatic heterocycles. The summed E-state index contributed by atoms with van der Waals surface area (Å²) >= 11 is 0. The molecule has 0 unspecified atom stereocenters. The lowest BCUT2D eigenvalue weighted by molar-refractivity contribution is 0.659. The summed E-state index contributed by atoms with van der Waals surface area (Å²) < 4.78 is 0. The number of fused-ring (bicyclic) bond motifs is 11. The standard InChI is InChI=1S/C65H51N/c1-63(2)57-21-12-11-19-51(57)54-31-26-46(37-60(54)63)66(47-27-32-55-52-29-24-44(35-58(52)64(3,4)61(55)38-47)43-23-22-40-14-7-8-16-42(40)34-43)48-28-33-56-53-30-25-45(36-59(53)65(5,6)62(56)39-48)50-20-13-17-41-15-9-10-18-49(41)50/h7-39H,1-6H3. The SMILES string of the molecule is CC1(C)c2ccccc2-c2ccc(N(c3ccc4c(c3)C(C)(C)c3cc(-c5ccc6ccccc6c5)ccc3-4)c3ccc4c(c3)C(C)(C)c3cc(-c5cccc6ccccc56)ccc3-4)cc21. The second kappa shape index (κ2) is 13.8. The van der Waals surface area contributed by atoms with Crippen molar-refractivity contribution in [2.75, 3.05) is 4.90 Å². The van der Waals surface area contributed by atoms with Gasteiger partial charge in [0, 0.05) is 33.3 Å². The van der Waals surface area contributed by atoms with Crippen LogP contribution in [0.5, 0.6) is 0 Å². The topological polar surface area (TPSA) is 3.24 Å². The molecule has 0 saturated carbocycles. The van der Waals surface area contributed by atoms with Crippen molar-refractivity contribution in [3.63, 3.8) is 0 Å². The van der Waals surface area contributed by atoms with Crippen LogP contribution in [0.3, 0.4) is 0 Å². The fourth-order valence-electron chi connectivity index (χ4n) is 12.2. The second-order valence-corrected chi connectivity index (χ2v) is 20.6. The molecule has 0 N–H and O–H groups in total. The number of rotatable bonds is 5. The predicted molar refractivity (Wildman–Crippen MR) is 280 cm³/mol. The first-order valence-electron chi connectivity index (χ1n) is 23.6. The first kappa shape index (κ1) is 38.9. The van der Waals surface area contributed by atoms with Crippen molar-refractivity contribution >= 4 is 38.6 Å². The fraction of sp³-hybridized carbons (Fsp3) is 0.138. The van der Waals surface area contributed by atoms with Gasteiger partial charge in [0.25, 0.3) is 0 Å². The van der Waals surface area contributed by atoms with Gasteiger partial charge in [0.1, 0.15) is 0 Å². The van der Waals surface area contributed by atoms with Gasteiger partial charge in [0.15, 0.2) is 0 Å². The van der Waals surface area contributed by atoms with Gasteiger partial charge in [-0.3, -0.25) is 0 Å². The molecule has 0 aromatic heterocycles. The Balaban J connectivity index is 0.942. The summed E-state index contributed by atoms with van der Waals surface area (Å²) in [6, 6.07) is 75.8. The van der Waals surface area contributed by atoms with E-state index in [1.807, 2.05) is 0 Å². The molecule has 1 heteroatoms. The maximum Gasteiger partial charge on any atom is 0.0465 e. The van der Waals surface area contributed by atoms with Gasteiger partial charge in [-0.25, -0.2) is 0 Å². The highest BCUT2D eigenvalue weighted by Crippen LogP contribution is 2.56. The Bertz CT molecular complexity index is 3680. The molecular formula is C65H51N. The molecule has 10 aromatic carbocycles. The number of benzene rings is 10. The molecule has 10 aromatic rings. The first-order valence-corrected chi connectivity index (χ1v) is 23.6. The Morgan fingerprint density at radius 3 is 1.27 bits per heavy atom. The number of anilines is 3. The van der Waals surface area contributed by atoms with E-state index < -0.39 is 0 Å². The molecule has 0 fully saturated rings. The van der Waals surface area contributed by atoms with Gasteiger partial charge in [-0.15, -0.1) is 0 Å². The van der Waals surface area contributed by atoms with Gasteiger partial charge in [-0.1, -0.05) is 187 Å². The van der Waals surface area contributed by atoms with Crippen LogP contribution in [0.2, 0.25) is 0 Å². The first-order chi connectivity index (χ1) is 32.0. The molecule has 0 atom stereocenters. The molecule has 0 radical (unpaired) electrons. The number of hydrogen-bond acceptors (Lipinski definition) is 1. The predicted octanol–water partition coefficient (Wildman–Crippen LogP) is 17.7. The highest BCUT2D eigenvalue weighted by molar-refractivity contribution is 5.98. The van der Waals surface area contributed by atoms with Gasteiger partial charge < -0.3 is 4.90 Å². The molecule has 0 amide bonds. The minimum Gasteiger partial charge on any atom is -0.310 e. The molecule has 0 saturated heterocycles. The van der Waals surface area contributed by atoms with Crippen molar-refractivity contribution in [1.82, 2.24) is 0 Å². The minimum absolute atomic E-state index is 0.124. The van der Waals surface area contributed by atoms with Gasteiger partial charge in [0.05, 0.1) is 0 Å². The van der Waals surface area contributed by atoms with Crippen LogP contribution in [0.25, 0.3) is 77.2 Å². The summed E-state index contributed by atoms with van der Waals surface area (Å²) in [5, 5.41) is 5.10. The Labute approximate surface area is 388 Å². The third-order valence-corrected chi connectivity index (χ3v) is 15.8. The Morgan fingerprint density at radius 1 is 0.258 bits per heavy atom. The second-order valence-electron chi connectivity index (χ2n) is 20.6. The van der Waals surface area contributed by atoms with E-state index in [-0.39, 0.29) is 16.2 Å². The van der Waals surface area contributed by atoms with E-state index in [2.05, 4.69) is 247 Å². The average Bonchev–Trinajstić information content (AvgIpc) is 3.82. The normalized spacial score (nSPS) is 15.2. The lowest BCUT2D eigenvalue weighted by Gasteiger charge is -2.31. The minimum atomic E-state index is -0.209. The molecular weight excluding hydrogens is 795 g/mol. The largest absolute Gasteiger partial charge is 0.310 e. The van der Waals surface area contributed by atoms with E-state index in [1.54, 1.807) is 0 Å². The zero-order chi connectivity index (χ0) is 44.7. The van der Waals surface area contributed by atoms with Gasteiger partial charge >= 0.3 is 0 Å². The average molecular weight is 846 g/mol. The molecule has 66 heavy (non-hydrogen) atoms. The van der Waals surface area contributed by atoms with Crippen LogP contribution in [-0.4, -0.2) is 0 Å². The van der Waals surface area contributed by atoms with Crippen molar-refractivity contribution < 1.29 is 0 Å². The Hall–Kier alpha value is -7.48. The quantitative estimate of drug-likeness (QED) is 0.167. The van der Waals surface area contributed by atoms with Crippen LogP contribution in [0, 0.1) is 0 Å². The molecule has 1 nitrogen and oxygen atoms in total. The van der Waals surface area contributed by atoms with Gasteiger partial charge in [0.2, 0.25) is 0 Å². The number of nitrogens with zero attached hydrogens (tertiary/aromatic N) is 1. The third kappa shape index (κ3) is 5.53. The zero-order valence-corrected chi connectivity index (χ0v) is 38.5. The summed E-state index contributed by atoms with van der Waals surface area (Å²) in [6.07, 6.45) is 0. The van der Waals surface area contributed by atoms with Crippen LogP contribution in [-0.2, 0) is 16.2 Å². The van der Waals surface area contributed by atoms with Crippen LogP contribution < -0.4 is 4.90 Å². The van der Waals surface area contributed by atoms with Crippen molar-refractivity contribution in [1.29, 1.82) is 0 Å². The molecule has 316 valence electrons. The van der Waals surface area contributed by atoms with E-state index in [1.165, 1.54) is 128 Å². The zero-order valence-electron chi connectivity index (χ0n) is 38.5. The summed E-state index contributed by atoms with van der Waals surface area (Å²) in [6.45, 7) is 14.4. The van der Waals surface area contributed by atoms with Gasteiger partial charge in [-0.2, -0.15) is 0 Å². The summed E-state index contributed by atoms with van der Waals surface area (Å²) in [7, 11) is 0. The lowest BCUT2D eigenvalue weighted by Crippen LogP contribution is -2.19. The maximum atomic E-state index is 2.53. The molecule has 3 aliphatic rings. The third-order valence-electron chi connectivity index (χ3n) is 15.8. The summed E-state index contributed by atoms with van der Waals surface area (Å²) in [5.41, 5.74) is 24.3. The monoisotopic (exact) mass is 845 g/mol. The van der Waals surface area contributed by atoms with E-state index in [0.717, 1.165) is 0 Å². The Kier molecular flexibility index (Phi) is 8.12. The van der Waals surface area contributed by atoms with Crippen LogP contribution >= 0.6 is 0 Å². The molecule has 13 rings (SSSR count). The highest BCUT2D eigenvalue weighted by atomic mass is 15.1. The van der Waals surface area contributed by atoms with E-state index >= 15 is 0 Å². The fourth-order valence-corrected chi connectivity index (χ4v) is 12.2. The van der Waals surface area contributed by atoms with Crippen LogP contribution in [0.4, 0.5) is 17.1 Å².